The number of nitrogens with two attached hydrogens (primary N) is 1. The largest absolute Gasteiger partial charge is 0.330 e. The Balaban J connectivity index is 2.91. The molecule has 0 aromatic rings. The fourth-order valence-electron chi connectivity index (χ4n) is 3.15. The van der Waals surface area contributed by atoms with Crippen molar-refractivity contribution >= 4 is 0 Å². The average molecular weight is 311 g/mol. The SMILES string of the molecule is [CH2]CCCCCCCCCCCCCCCCCCCCN. The first kappa shape index (κ1) is 22.0. The normalized spacial score (nSPS) is 11.2. The van der Waals surface area contributed by atoms with Crippen LogP contribution in [0.3, 0.4) is 0 Å². The van der Waals surface area contributed by atoms with Crippen LogP contribution in [0.25, 0.3) is 0 Å². The molecular weight excluding hydrogens is 266 g/mol. The van der Waals surface area contributed by atoms with Crippen molar-refractivity contribution < 1.29 is 0 Å². The van der Waals surface area contributed by atoms with Crippen LogP contribution in [0.15, 0.2) is 0 Å². The van der Waals surface area contributed by atoms with Gasteiger partial charge in [-0.3, -0.25) is 0 Å². The molecule has 0 spiro atoms. The molecule has 0 aromatic carbocycles. The van der Waals surface area contributed by atoms with Crippen LogP contribution in [0.5, 0.6) is 0 Å². The van der Waals surface area contributed by atoms with Crippen molar-refractivity contribution in [1.29, 1.82) is 0 Å². The molecule has 0 heterocycles. The van der Waals surface area contributed by atoms with E-state index in [2.05, 4.69) is 6.92 Å². The van der Waals surface area contributed by atoms with Crippen LogP contribution in [0.2, 0.25) is 0 Å². The molecule has 1 radical (unpaired) electrons. The zero-order chi connectivity index (χ0) is 16.1. The summed E-state index contributed by atoms with van der Waals surface area (Å²) in [4.78, 5) is 0. The summed E-state index contributed by atoms with van der Waals surface area (Å²) in [5, 5.41) is 0. The first-order valence-corrected chi connectivity index (χ1v) is 10.4. The van der Waals surface area contributed by atoms with E-state index in [1.807, 2.05) is 0 Å². The molecule has 0 aliphatic carbocycles. The van der Waals surface area contributed by atoms with Gasteiger partial charge in [-0.05, 0) is 13.0 Å². The molecule has 2 N–H and O–H groups in total. The minimum atomic E-state index is 0.872. The standard InChI is InChI=1S/C21H44N/c1-2-3-4-5-6-7-8-9-10-11-12-13-14-15-16-17-18-19-20-21-22/h1-22H2. The lowest BCUT2D eigenvalue weighted by Crippen LogP contribution is -1.97. The van der Waals surface area contributed by atoms with Crippen molar-refractivity contribution in [3.8, 4) is 0 Å². The summed E-state index contributed by atoms with van der Waals surface area (Å²) in [6, 6.07) is 0. The van der Waals surface area contributed by atoms with Crippen LogP contribution < -0.4 is 5.73 Å². The van der Waals surface area contributed by atoms with Crippen LogP contribution in [0.1, 0.15) is 122 Å². The number of hydrogen-bond donors (Lipinski definition) is 1. The summed E-state index contributed by atoms with van der Waals surface area (Å²) in [6.07, 6.45) is 26.7. The Bertz CT molecular complexity index is 159. The highest BCUT2D eigenvalue weighted by Gasteiger charge is 1.94. The number of rotatable bonds is 19. The maximum absolute atomic E-state index is 5.50. The first-order chi connectivity index (χ1) is 10.9. The van der Waals surface area contributed by atoms with Gasteiger partial charge in [-0.25, -0.2) is 0 Å². The summed E-state index contributed by atoms with van der Waals surface area (Å²) in [7, 11) is 0. The second-order valence-electron chi connectivity index (χ2n) is 7.01. The molecule has 1 heteroatoms. The Hall–Kier alpha value is -0.0400. The van der Waals surface area contributed by atoms with Crippen LogP contribution in [0.4, 0.5) is 0 Å². The van der Waals surface area contributed by atoms with Gasteiger partial charge in [0.15, 0.2) is 0 Å². The van der Waals surface area contributed by atoms with E-state index in [4.69, 9.17) is 5.73 Å². The van der Waals surface area contributed by atoms with E-state index >= 15 is 0 Å². The van der Waals surface area contributed by atoms with Crippen molar-refractivity contribution in [2.45, 2.75) is 122 Å². The van der Waals surface area contributed by atoms with Crippen LogP contribution in [-0.2, 0) is 0 Å². The first-order valence-electron chi connectivity index (χ1n) is 10.4. The predicted octanol–water partition coefficient (Wildman–Crippen LogP) is 7.19. The van der Waals surface area contributed by atoms with E-state index in [1.54, 1.807) is 0 Å². The molecule has 0 bridgehead atoms. The quantitative estimate of drug-likeness (QED) is 0.251. The van der Waals surface area contributed by atoms with Gasteiger partial charge in [-0.15, -0.1) is 0 Å². The summed E-state index contributed by atoms with van der Waals surface area (Å²) in [5.74, 6) is 0. The van der Waals surface area contributed by atoms with Crippen molar-refractivity contribution in [2.75, 3.05) is 6.54 Å². The smallest absolute Gasteiger partial charge is 0.00773 e. The highest BCUT2D eigenvalue weighted by Crippen LogP contribution is 2.14. The van der Waals surface area contributed by atoms with Gasteiger partial charge in [0.2, 0.25) is 0 Å². The van der Waals surface area contributed by atoms with Gasteiger partial charge in [0.25, 0.3) is 0 Å². The lowest BCUT2D eigenvalue weighted by atomic mass is 10.0. The zero-order valence-electron chi connectivity index (χ0n) is 15.4. The molecule has 0 atom stereocenters. The molecule has 133 valence electrons. The van der Waals surface area contributed by atoms with Gasteiger partial charge in [0.1, 0.15) is 0 Å². The Morgan fingerprint density at radius 1 is 0.364 bits per heavy atom. The Labute approximate surface area is 141 Å². The van der Waals surface area contributed by atoms with Crippen molar-refractivity contribution in [2.24, 2.45) is 5.73 Å². The minimum absolute atomic E-state index is 0.872. The maximum atomic E-state index is 5.50. The monoisotopic (exact) mass is 310 g/mol. The minimum Gasteiger partial charge on any atom is -0.330 e. The highest BCUT2D eigenvalue weighted by molar-refractivity contribution is 4.51. The third-order valence-electron chi connectivity index (χ3n) is 4.70. The van der Waals surface area contributed by atoms with Crippen LogP contribution >= 0.6 is 0 Å². The third-order valence-corrected chi connectivity index (χ3v) is 4.70. The van der Waals surface area contributed by atoms with Gasteiger partial charge >= 0.3 is 0 Å². The average Bonchev–Trinajstić information content (AvgIpc) is 2.54. The Kier molecular flexibility index (Phi) is 20.9. The van der Waals surface area contributed by atoms with Crippen LogP contribution in [-0.4, -0.2) is 6.54 Å². The molecule has 0 rings (SSSR count). The van der Waals surface area contributed by atoms with Gasteiger partial charge < -0.3 is 5.73 Å². The van der Waals surface area contributed by atoms with Gasteiger partial charge in [-0.2, -0.15) is 0 Å². The van der Waals surface area contributed by atoms with Gasteiger partial charge in [0, 0.05) is 0 Å². The van der Waals surface area contributed by atoms with E-state index in [1.165, 1.54) is 116 Å². The van der Waals surface area contributed by atoms with E-state index in [9.17, 15) is 0 Å². The summed E-state index contributed by atoms with van der Waals surface area (Å²) < 4.78 is 0. The number of hydrogen-bond acceptors (Lipinski definition) is 1. The van der Waals surface area contributed by atoms with E-state index in [0.29, 0.717) is 0 Å². The summed E-state index contributed by atoms with van der Waals surface area (Å²) in [5.41, 5.74) is 5.50. The summed E-state index contributed by atoms with van der Waals surface area (Å²) >= 11 is 0. The molecule has 0 saturated heterocycles. The van der Waals surface area contributed by atoms with E-state index < -0.39 is 0 Å². The molecule has 0 aliphatic rings. The molecule has 0 fully saturated rings. The van der Waals surface area contributed by atoms with Gasteiger partial charge in [0.05, 0.1) is 0 Å². The third kappa shape index (κ3) is 20.0. The molecule has 22 heavy (non-hydrogen) atoms. The fraction of sp³-hybridized carbons (Fsp3) is 0.952. The topological polar surface area (TPSA) is 26.0 Å². The lowest BCUT2D eigenvalue weighted by molar-refractivity contribution is 0.524. The van der Waals surface area contributed by atoms with Crippen molar-refractivity contribution in [3.05, 3.63) is 6.92 Å². The zero-order valence-corrected chi connectivity index (χ0v) is 15.4. The Morgan fingerprint density at radius 3 is 0.818 bits per heavy atom. The molecule has 0 aliphatic heterocycles. The highest BCUT2D eigenvalue weighted by atomic mass is 14.5. The lowest BCUT2D eigenvalue weighted by Gasteiger charge is -2.03. The molecule has 1 nitrogen and oxygen atoms in total. The van der Waals surface area contributed by atoms with E-state index in [0.717, 1.165) is 13.0 Å². The molecule has 0 unspecified atom stereocenters. The molecular formula is C21H44N. The second-order valence-corrected chi connectivity index (χ2v) is 7.01. The molecule has 0 saturated carbocycles. The van der Waals surface area contributed by atoms with Gasteiger partial charge in [-0.1, -0.05) is 122 Å². The van der Waals surface area contributed by atoms with E-state index in [-0.39, 0.29) is 0 Å². The predicted molar refractivity (Wildman–Crippen MR) is 102 cm³/mol. The summed E-state index contributed by atoms with van der Waals surface area (Å²) in [6.45, 7) is 4.77. The molecule has 0 aromatic heterocycles. The Morgan fingerprint density at radius 2 is 0.591 bits per heavy atom. The fourth-order valence-corrected chi connectivity index (χ4v) is 3.15. The molecule has 0 amide bonds. The second kappa shape index (κ2) is 21.0. The van der Waals surface area contributed by atoms with Crippen LogP contribution in [0, 0.1) is 6.92 Å². The maximum Gasteiger partial charge on any atom is -0.00773 e. The number of unbranched alkanes of at least 4 members (excludes halogenated alkanes) is 18. The van der Waals surface area contributed by atoms with Crippen molar-refractivity contribution in [3.63, 3.8) is 0 Å². The van der Waals surface area contributed by atoms with Crippen molar-refractivity contribution in [1.82, 2.24) is 0 Å².